The first kappa shape index (κ1) is 13.0. The van der Waals surface area contributed by atoms with Crippen molar-refractivity contribution in [3.8, 4) is 0 Å². The molecule has 4 nitrogen and oxygen atoms in total. The van der Waals surface area contributed by atoms with E-state index in [2.05, 4.69) is 46.1 Å². The molecule has 0 spiro atoms. The number of aryl methyl sites for hydroxylation is 1. The summed E-state index contributed by atoms with van der Waals surface area (Å²) < 4.78 is 0. The van der Waals surface area contributed by atoms with Crippen LogP contribution < -0.4 is 5.73 Å². The Bertz CT molecular complexity index is 603. The average molecular weight is 268 g/mol. The zero-order chi connectivity index (χ0) is 13.9. The zero-order valence-corrected chi connectivity index (χ0v) is 11.8. The van der Waals surface area contributed by atoms with Crippen LogP contribution >= 0.6 is 0 Å². The summed E-state index contributed by atoms with van der Waals surface area (Å²) >= 11 is 0. The number of hydrogen-bond donors (Lipinski definition) is 1. The fourth-order valence-electron chi connectivity index (χ4n) is 2.91. The molecule has 0 aliphatic heterocycles. The minimum absolute atomic E-state index is 0.351. The minimum Gasteiger partial charge on any atom is -0.368 e. The second-order valence-electron chi connectivity index (χ2n) is 5.62. The fraction of sp³-hybridized carbons (Fsp3) is 0.438. The maximum absolute atomic E-state index is 5.85. The molecule has 1 heterocycles. The fourth-order valence-corrected chi connectivity index (χ4v) is 2.91. The third kappa shape index (κ3) is 2.95. The van der Waals surface area contributed by atoms with Gasteiger partial charge in [0, 0.05) is 12.3 Å². The van der Waals surface area contributed by atoms with Crippen molar-refractivity contribution in [3.05, 3.63) is 47.0 Å². The van der Waals surface area contributed by atoms with Gasteiger partial charge in [0.1, 0.15) is 11.6 Å². The first-order valence-corrected chi connectivity index (χ1v) is 7.26. The van der Waals surface area contributed by atoms with Crippen molar-refractivity contribution in [2.45, 2.75) is 44.9 Å². The quantitative estimate of drug-likeness (QED) is 0.929. The predicted octanol–water partition coefficient (Wildman–Crippen LogP) is 3.01. The van der Waals surface area contributed by atoms with Gasteiger partial charge in [-0.15, -0.1) is 0 Å². The number of anilines is 1. The highest BCUT2D eigenvalue weighted by atomic mass is 15.1. The van der Waals surface area contributed by atoms with Crippen LogP contribution in [0, 0.1) is 6.92 Å². The summed E-state index contributed by atoms with van der Waals surface area (Å²) in [7, 11) is 0. The summed E-state index contributed by atoms with van der Waals surface area (Å²) in [5.74, 6) is 2.49. The van der Waals surface area contributed by atoms with Crippen LogP contribution in [0.3, 0.4) is 0 Å². The van der Waals surface area contributed by atoms with Gasteiger partial charge >= 0.3 is 0 Å². The van der Waals surface area contributed by atoms with Crippen LogP contribution in [0.5, 0.6) is 0 Å². The molecule has 1 saturated carbocycles. The molecule has 0 radical (unpaired) electrons. The van der Waals surface area contributed by atoms with Crippen molar-refractivity contribution in [3.63, 3.8) is 0 Å². The standard InChI is InChI=1S/C16H20N4/c1-11-5-4-6-12(9-11)10-14-18-15(20-16(17)19-14)13-7-2-3-8-13/h4-6,9,13H,2-3,7-8,10H2,1H3,(H2,17,18,19,20). The normalized spacial score (nSPS) is 15.7. The Balaban J connectivity index is 1.85. The minimum atomic E-state index is 0.351. The van der Waals surface area contributed by atoms with Gasteiger partial charge in [-0.05, 0) is 25.3 Å². The molecule has 0 saturated heterocycles. The van der Waals surface area contributed by atoms with Crippen LogP contribution in [0.1, 0.15) is 54.4 Å². The lowest BCUT2D eigenvalue weighted by Crippen LogP contribution is -2.10. The average Bonchev–Trinajstić information content (AvgIpc) is 2.91. The second kappa shape index (κ2) is 5.57. The monoisotopic (exact) mass is 268 g/mol. The highest BCUT2D eigenvalue weighted by Crippen LogP contribution is 2.32. The predicted molar refractivity (Wildman–Crippen MR) is 79.4 cm³/mol. The van der Waals surface area contributed by atoms with E-state index >= 15 is 0 Å². The molecule has 2 N–H and O–H groups in total. The van der Waals surface area contributed by atoms with Gasteiger partial charge in [-0.25, -0.2) is 4.98 Å². The van der Waals surface area contributed by atoms with E-state index in [4.69, 9.17) is 5.73 Å². The third-order valence-corrected chi connectivity index (χ3v) is 3.88. The Hall–Kier alpha value is -1.97. The van der Waals surface area contributed by atoms with E-state index in [0.29, 0.717) is 18.3 Å². The van der Waals surface area contributed by atoms with Gasteiger partial charge in [-0.2, -0.15) is 9.97 Å². The number of nitrogen functional groups attached to an aromatic ring is 1. The van der Waals surface area contributed by atoms with Gasteiger partial charge < -0.3 is 5.73 Å². The summed E-state index contributed by atoms with van der Waals surface area (Å²) in [5.41, 5.74) is 8.31. The molecule has 1 aliphatic carbocycles. The van der Waals surface area contributed by atoms with Crippen LogP contribution in [0.4, 0.5) is 5.95 Å². The van der Waals surface area contributed by atoms with Gasteiger partial charge in [0.25, 0.3) is 0 Å². The lowest BCUT2D eigenvalue weighted by atomic mass is 10.1. The summed E-state index contributed by atoms with van der Waals surface area (Å²) in [6, 6.07) is 8.42. The number of benzene rings is 1. The molecule has 3 rings (SSSR count). The number of aromatic nitrogens is 3. The Morgan fingerprint density at radius 1 is 1.15 bits per heavy atom. The van der Waals surface area contributed by atoms with E-state index in [-0.39, 0.29) is 0 Å². The van der Waals surface area contributed by atoms with E-state index in [1.54, 1.807) is 0 Å². The van der Waals surface area contributed by atoms with Gasteiger partial charge in [-0.1, -0.05) is 42.7 Å². The van der Waals surface area contributed by atoms with Gasteiger partial charge in [0.05, 0.1) is 0 Å². The summed E-state index contributed by atoms with van der Waals surface area (Å²) in [5, 5.41) is 0. The Morgan fingerprint density at radius 3 is 2.70 bits per heavy atom. The Morgan fingerprint density at radius 2 is 1.95 bits per heavy atom. The van der Waals surface area contributed by atoms with Crippen molar-refractivity contribution in [2.24, 2.45) is 0 Å². The smallest absolute Gasteiger partial charge is 0.223 e. The lowest BCUT2D eigenvalue weighted by Gasteiger charge is -2.10. The summed E-state index contributed by atoms with van der Waals surface area (Å²) in [6.45, 7) is 2.09. The second-order valence-corrected chi connectivity index (χ2v) is 5.62. The molecule has 104 valence electrons. The van der Waals surface area contributed by atoms with Crippen molar-refractivity contribution < 1.29 is 0 Å². The molecule has 20 heavy (non-hydrogen) atoms. The van der Waals surface area contributed by atoms with E-state index in [1.807, 2.05) is 0 Å². The number of hydrogen-bond acceptors (Lipinski definition) is 4. The van der Waals surface area contributed by atoms with E-state index in [1.165, 1.54) is 36.8 Å². The topological polar surface area (TPSA) is 64.7 Å². The Labute approximate surface area is 119 Å². The van der Waals surface area contributed by atoms with Gasteiger partial charge in [-0.3, -0.25) is 0 Å². The van der Waals surface area contributed by atoms with E-state index in [9.17, 15) is 0 Å². The largest absolute Gasteiger partial charge is 0.368 e. The molecule has 0 bridgehead atoms. The number of rotatable bonds is 3. The van der Waals surface area contributed by atoms with Crippen molar-refractivity contribution >= 4 is 5.95 Å². The lowest BCUT2D eigenvalue weighted by molar-refractivity contribution is 0.654. The first-order chi connectivity index (χ1) is 9.70. The number of nitrogens with zero attached hydrogens (tertiary/aromatic N) is 3. The van der Waals surface area contributed by atoms with Crippen molar-refractivity contribution in [2.75, 3.05) is 5.73 Å². The van der Waals surface area contributed by atoms with Crippen molar-refractivity contribution in [1.82, 2.24) is 15.0 Å². The maximum atomic E-state index is 5.85. The molecule has 1 aromatic carbocycles. The molecule has 1 aromatic heterocycles. The molecular formula is C16H20N4. The third-order valence-electron chi connectivity index (χ3n) is 3.88. The highest BCUT2D eigenvalue weighted by molar-refractivity contribution is 5.26. The SMILES string of the molecule is Cc1cccc(Cc2nc(N)nc(C3CCCC3)n2)c1. The Kier molecular flexibility index (Phi) is 3.63. The molecule has 2 aromatic rings. The summed E-state index contributed by atoms with van der Waals surface area (Å²) in [4.78, 5) is 13.3. The highest BCUT2D eigenvalue weighted by Gasteiger charge is 2.21. The molecule has 1 aliphatic rings. The zero-order valence-electron chi connectivity index (χ0n) is 11.8. The van der Waals surface area contributed by atoms with Gasteiger partial charge in [0.2, 0.25) is 5.95 Å². The van der Waals surface area contributed by atoms with Crippen molar-refractivity contribution in [1.29, 1.82) is 0 Å². The molecular weight excluding hydrogens is 248 g/mol. The molecule has 0 atom stereocenters. The molecule has 1 fully saturated rings. The van der Waals surface area contributed by atoms with E-state index < -0.39 is 0 Å². The van der Waals surface area contributed by atoms with Crippen LogP contribution in [-0.4, -0.2) is 15.0 Å². The van der Waals surface area contributed by atoms with Crippen LogP contribution in [0.2, 0.25) is 0 Å². The summed E-state index contributed by atoms with van der Waals surface area (Å²) in [6.07, 6.45) is 5.60. The first-order valence-electron chi connectivity index (χ1n) is 7.26. The molecule has 4 heteroatoms. The number of nitrogens with two attached hydrogens (primary N) is 1. The van der Waals surface area contributed by atoms with E-state index in [0.717, 1.165) is 11.6 Å². The maximum Gasteiger partial charge on any atom is 0.223 e. The van der Waals surface area contributed by atoms with Gasteiger partial charge in [0.15, 0.2) is 0 Å². The molecule has 0 unspecified atom stereocenters. The van der Waals surface area contributed by atoms with Crippen LogP contribution in [-0.2, 0) is 6.42 Å². The van der Waals surface area contributed by atoms with Crippen LogP contribution in [0.15, 0.2) is 24.3 Å². The molecule has 0 amide bonds. The van der Waals surface area contributed by atoms with Crippen LogP contribution in [0.25, 0.3) is 0 Å².